The Morgan fingerprint density at radius 1 is 1.20 bits per heavy atom. The molecule has 0 spiro atoms. The summed E-state index contributed by atoms with van der Waals surface area (Å²) in [5.41, 5.74) is 1.19. The Labute approximate surface area is 126 Å². The Hall–Kier alpha value is -0.690. The molecule has 0 aromatic carbocycles. The van der Waals surface area contributed by atoms with Crippen LogP contribution in [0.2, 0.25) is 0 Å². The van der Waals surface area contributed by atoms with E-state index in [0.29, 0.717) is 19.1 Å². The van der Waals surface area contributed by atoms with Crippen molar-refractivity contribution in [1.82, 2.24) is 10.3 Å². The second kappa shape index (κ2) is 9.28. The van der Waals surface area contributed by atoms with Gasteiger partial charge in [-0.15, -0.1) is 11.3 Å². The van der Waals surface area contributed by atoms with E-state index < -0.39 is 0 Å². The summed E-state index contributed by atoms with van der Waals surface area (Å²) < 4.78 is 10.4. The van der Waals surface area contributed by atoms with E-state index in [2.05, 4.69) is 24.1 Å². The Morgan fingerprint density at radius 3 is 2.25 bits per heavy atom. The number of ether oxygens (including phenoxy) is 2. The number of nitrogens with zero attached hydrogens (tertiary/aromatic N) is 2. The predicted octanol–water partition coefficient (Wildman–Crippen LogP) is 2.09. The van der Waals surface area contributed by atoms with Gasteiger partial charge >= 0.3 is 0 Å². The lowest BCUT2D eigenvalue weighted by molar-refractivity contribution is 0.190. The van der Waals surface area contributed by atoms with Gasteiger partial charge in [-0.2, -0.15) is 0 Å². The van der Waals surface area contributed by atoms with E-state index in [-0.39, 0.29) is 0 Å². The van der Waals surface area contributed by atoms with Gasteiger partial charge in [-0.25, -0.2) is 4.98 Å². The number of nitrogens with one attached hydrogen (secondary N) is 1. The number of methoxy groups -OCH3 is 2. The van der Waals surface area contributed by atoms with Crippen LogP contribution in [0.15, 0.2) is 0 Å². The molecule has 0 bridgehead atoms. The number of anilines is 1. The summed E-state index contributed by atoms with van der Waals surface area (Å²) in [4.78, 5) is 8.38. The smallest absolute Gasteiger partial charge is 0.185 e. The Morgan fingerprint density at radius 2 is 1.80 bits per heavy atom. The van der Waals surface area contributed by atoms with Crippen LogP contribution in [0.1, 0.15) is 30.3 Å². The molecule has 0 amide bonds. The molecular formula is C14H27N3O2S. The van der Waals surface area contributed by atoms with Gasteiger partial charge in [-0.1, -0.05) is 13.8 Å². The monoisotopic (exact) mass is 301 g/mol. The van der Waals surface area contributed by atoms with Gasteiger partial charge in [0, 0.05) is 38.7 Å². The van der Waals surface area contributed by atoms with Gasteiger partial charge in [0.2, 0.25) is 0 Å². The summed E-state index contributed by atoms with van der Waals surface area (Å²) in [6.45, 7) is 8.31. The number of hydrogen-bond acceptors (Lipinski definition) is 6. The highest BCUT2D eigenvalue weighted by Crippen LogP contribution is 2.30. The van der Waals surface area contributed by atoms with E-state index >= 15 is 0 Å². The Bertz CT molecular complexity index is 374. The molecular weight excluding hydrogens is 274 g/mol. The number of aromatic nitrogens is 1. The first-order valence-corrected chi connectivity index (χ1v) is 7.82. The van der Waals surface area contributed by atoms with E-state index in [1.165, 1.54) is 10.6 Å². The molecule has 0 aliphatic rings. The van der Waals surface area contributed by atoms with Crippen molar-refractivity contribution in [3.05, 3.63) is 10.6 Å². The molecule has 0 aliphatic carbocycles. The van der Waals surface area contributed by atoms with Crippen molar-refractivity contribution in [2.24, 2.45) is 0 Å². The third-order valence-corrected chi connectivity index (χ3v) is 4.13. The molecule has 1 aromatic rings. The van der Waals surface area contributed by atoms with Gasteiger partial charge in [0.05, 0.1) is 18.9 Å². The van der Waals surface area contributed by atoms with Crippen LogP contribution in [0.5, 0.6) is 0 Å². The maximum Gasteiger partial charge on any atom is 0.185 e. The third-order valence-electron chi connectivity index (χ3n) is 3.00. The van der Waals surface area contributed by atoms with E-state index in [1.807, 2.05) is 7.05 Å². The van der Waals surface area contributed by atoms with E-state index in [1.54, 1.807) is 25.6 Å². The Kier molecular flexibility index (Phi) is 8.06. The summed E-state index contributed by atoms with van der Waals surface area (Å²) in [6, 6.07) is 0. The van der Waals surface area contributed by atoms with Crippen molar-refractivity contribution in [2.45, 2.75) is 26.3 Å². The van der Waals surface area contributed by atoms with Crippen LogP contribution in [0.3, 0.4) is 0 Å². The highest BCUT2D eigenvalue weighted by molar-refractivity contribution is 7.15. The van der Waals surface area contributed by atoms with E-state index in [4.69, 9.17) is 14.5 Å². The lowest BCUT2D eigenvalue weighted by atomic mass is 10.1. The van der Waals surface area contributed by atoms with Crippen molar-refractivity contribution in [1.29, 1.82) is 0 Å². The first-order valence-electron chi connectivity index (χ1n) is 7.01. The molecule has 0 unspecified atom stereocenters. The normalized spacial score (nSPS) is 11.3. The van der Waals surface area contributed by atoms with Crippen LogP contribution in [0.25, 0.3) is 0 Å². The molecule has 0 fully saturated rings. The second-order valence-corrected chi connectivity index (χ2v) is 6.02. The largest absolute Gasteiger partial charge is 0.383 e. The molecule has 0 radical (unpaired) electrons. The minimum Gasteiger partial charge on any atom is -0.383 e. The van der Waals surface area contributed by atoms with E-state index in [0.717, 1.165) is 24.8 Å². The standard InChI is InChI=1S/C14H27N3O2S/c1-11(2)13-12(10-15-3)20-14(16-13)17(6-8-18-4)7-9-19-5/h11,15H,6-10H2,1-5H3. The fourth-order valence-corrected chi connectivity index (χ4v) is 3.21. The molecule has 20 heavy (non-hydrogen) atoms. The van der Waals surface area contributed by atoms with Crippen LogP contribution in [0, 0.1) is 0 Å². The highest BCUT2D eigenvalue weighted by atomic mass is 32.1. The zero-order valence-corrected chi connectivity index (χ0v) is 14.0. The van der Waals surface area contributed by atoms with Gasteiger partial charge in [0.25, 0.3) is 0 Å². The molecule has 0 atom stereocenters. The SMILES string of the molecule is CNCc1sc(N(CCOC)CCOC)nc1C(C)C. The molecule has 116 valence electrons. The molecule has 1 heterocycles. The van der Waals surface area contributed by atoms with Crippen molar-refractivity contribution >= 4 is 16.5 Å². The van der Waals surface area contributed by atoms with Gasteiger partial charge in [0.15, 0.2) is 5.13 Å². The molecule has 1 rings (SSSR count). The highest BCUT2D eigenvalue weighted by Gasteiger charge is 2.17. The average Bonchev–Trinajstić information content (AvgIpc) is 2.83. The van der Waals surface area contributed by atoms with Crippen molar-refractivity contribution in [2.75, 3.05) is 52.5 Å². The van der Waals surface area contributed by atoms with Crippen molar-refractivity contribution in [3.63, 3.8) is 0 Å². The average molecular weight is 301 g/mol. The van der Waals surface area contributed by atoms with Crippen molar-refractivity contribution in [3.8, 4) is 0 Å². The first kappa shape index (κ1) is 17.4. The third kappa shape index (κ3) is 5.01. The topological polar surface area (TPSA) is 46.6 Å². The van der Waals surface area contributed by atoms with Gasteiger partial charge in [0.1, 0.15) is 0 Å². The molecule has 1 N–H and O–H groups in total. The maximum atomic E-state index is 5.19. The van der Waals surface area contributed by atoms with E-state index in [9.17, 15) is 0 Å². The lowest BCUT2D eigenvalue weighted by Crippen LogP contribution is -2.30. The Balaban J connectivity index is 2.90. The molecule has 0 saturated heterocycles. The number of thiazole rings is 1. The van der Waals surface area contributed by atoms with Crippen molar-refractivity contribution < 1.29 is 9.47 Å². The van der Waals surface area contributed by atoms with Crippen LogP contribution < -0.4 is 10.2 Å². The minimum atomic E-state index is 0.440. The lowest BCUT2D eigenvalue weighted by Gasteiger charge is -2.20. The van der Waals surface area contributed by atoms with Crippen LogP contribution in [-0.4, -0.2) is 52.6 Å². The fourth-order valence-electron chi connectivity index (χ4n) is 1.93. The predicted molar refractivity (Wildman–Crippen MR) is 84.9 cm³/mol. The minimum absolute atomic E-state index is 0.440. The number of rotatable bonds is 10. The number of hydrogen-bond donors (Lipinski definition) is 1. The summed E-state index contributed by atoms with van der Waals surface area (Å²) in [5, 5.41) is 4.28. The second-order valence-electron chi connectivity index (χ2n) is 4.96. The molecule has 0 saturated carbocycles. The van der Waals surface area contributed by atoms with Crippen LogP contribution in [0.4, 0.5) is 5.13 Å². The molecule has 6 heteroatoms. The zero-order chi connectivity index (χ0) is 15.0. The van der Waals surface area contributed by atoms with Gasteiger partial charge in [-0.05, 0) is 13.0 Å². The molecule has 5 nitrogen and oxygen atoms in total. The summed E-state index contributed by atoms with van der Waals surface area (Å²) in [7, 11) is 5.42. The quantitative estimate of drug-likeness (QED) is 0.717. The fraction of sp³-hybridized carbons (Fsp3) is 0.786. The summed E-state index contributed by atoms with van der Waals surface area (Å²) in [6.07, 6.45) is 0. The van der Waals surface area contributed by atoms with Gasteiger partial charge in [-0.3, -0.25) is 0 Å². The molecule has 1 aromatic heterocycles. The first-order chi connectivity index (χ1) is 9.63. The maximum absolute atomic E-state index is 5.19. The summed E-state index contributed by atoms with van der Waals surface area (Å²) in [5.74, 6) is 0.440. The van der Waals surface area contributed by atoms with Crippen LogP contribution in [-0.2, 0) is 16.0 Å². The summed E-state index contributed by atoms with van der Waals surface area (Å²) >= 11 is 1.76. The zero-order valence-electron chi connectivity index (χ0n) is 13.2. The molecule has 0 aliphatic heterocycles. The van der Waals surface area contributed by atoms with Gasteiger partial charge < -0.3 is 19.7 Å². The van der Waals surface area contributed by atoms with Crippen LogP contribution >= 0.6 is 11.3 Å².